The molecule has 36 heavy (non-hydrogen) atoms. The van der Waals surface area contributed by atoms with Gasteiger partial charge in [0.1, 0.15) is 9.84 Å². The molecule has 2 rings (SSSR count). The second kappa shape index (κ2) is 14.0. The maximum absolute atomic E-state index is 11.2. The lowest BCUT2D eigenvalue weighted by atomic mass is 10.1. The minimum Gasteiger partial charge on any atom is -0.493 e. The van der Waals surface area contributed by atoms with Crippen LogP contribution in [0.3, 0.4) is 0 Å². The van der Waals surface area contributed by atoms with Crippen molar-refractivity contribution in [2.24, 2.45) is 11.5 Å². The van der Waals surface area contributed by atoms with Gasteiger partial charge in [0, 0.05) is 24.1 Å². The third-order valence-corrected chi connectivity index (χ3v) is 6.18. The molecule has 0 radical (unpaired) electrons. The van der Waals surface area contributed by atoms with E-state index in [2.05, 4.69) is 0 Å². The van der Waals surface area contributed by atoms with Gasteiger partial charge in [-0.05, 0) is 49.7 Å². The number of ether oxygens (including phenoxy) is 4. The Hall–Kier alpha value is -2.96. The van der Waals surface area contributed by atoms with Crippen LogP contribution in [-0.4, -0.2) is 62.5 Å². The van der Waals surface area contributed by atoms with E-state index >= 15 is 0 Å². The van der Waals surface area contributed by atoms with Crippen LogP contribution in [0.15, 0.2) is 41.8 Å². The highest BCUT2D eigenvalue weighted by molar-refractivity contribution is 7.93. The Kier molecular flexibility index (Phi) is 12.0. The summed E-state index contributed by atoms with van der Waals surface area (Å²) in [4.78, 5) is 0. The standard InChI is InChI=1S/C12H19NO4S.C12H17NO4S/c2*1-4-17-12-7-9(5-6-11(12)16-2)10(13)8-18(3,14)15/h5-7,10H,4,8,13H2,1-3H3;5-8H,4,13H2,1-3H3/t10-;/m1./s1. The average molecular weight is 545 g/mol. The molecule has 0 saturated heterocycles. The fraction of sp³-hybridized carbons (Fsp3) is 0.417. The van der Waals surface area contributed by atoms with Crippen molar-refractivity contribution in [2.45, 2.75) is 19.9 Å². The maximum Gasteiger partial charge on any atom is 0.170 e. The Labute approximate surface area is 214 Å². The van der Waals surface area contributed by atoms with Crippen molar-refractivity contribution in [1.82, 2.24) is 0 Å². The van der Waals surface area contributed by atoms with Crippen molar-refractivity contribution >= 4 is 25.4 Å². The van der Waals surface area contributed by atoms with E-state index in [0.717, 1.165) is 11.7 Å². The third-order valence-electron chi connectivity index (χ3n) is 4.54. The van der Waals surface area contributed by atoms with Crippen LogP contribution in [0.1, 0.15) is 31.0 Å². The summed E-state index contributed by atoms with van der Waals surface area (Å²) in [6.07, 6.45) is 2.26. The highest BCUT2D eigenvalue weighted by Gasteiger charge is 2.15. The van der Waals surface area contributed by atoms with Gasteiger partial charge in [-0.15, -0.1) is 0 Å². The Morgan fingerprint density at radius 1 is 0.861 bits per heavy atom. The van der Waals surface area contributed by atoms with Gasteiger partial charge in [-0.3, -0.25) is 0 Å². The predicted molar refractivity (Wildman–Crippen MR) is 142 cm³/mol. The minimum atomic E-state index is -3.27. The van der Waals surface area contributed by atoms with Crippen molar-refractivity contribution in [3.63, 3.8) is 0 Å². The molecule has 0 bridgehead atoms. The van der Waals surface area contributed by atoms with E-state index in [1.165, 1.54) is 13.4 Å². The molecule has 2 aromatic carbocycles. The number of sulfone groups is 2. The van der Waals surface area contributed by atoms with Gasteiger partial charge in [0.15, 0.2) is 32.8 Å². The Morgan fingerprint density at radius 3 is 1.81 bits per heavy atom. The molecule has 0 aliphatic carbocycles. The second-order valence-corrected chi connectivity index (χ2v) is 11.8. The van der Waals surface area contributed by atoms with E-state index in [9.17, 15) is 16.8 Å². The van der Waals surface area contributed by atoms with Crippen LogP contribution in [0, 0.1) is 0 Å². The molecule has 0 spiro atoms. The Balaban J connectivity index is 0.000000360. The summed E-state index contributed by atoms with van der Waals surface area (Å²) in [7, 11) is -3.30. The van der Waals surface area contributed by atoms with Gasteiger partial charge >= 0.3 is 0 Å². The van der Waals surface area contributed by atoms with Gasteiger partial charge in [-0.25, -0.2) is 16.8 Å². The van der Waals surface area contributed by atoms with E-state index in [1.54, 1.807) is 43.5 Å². The largest absolute Gasteiger partial charge is 0.493 e. The molecule has 12 heteroatoms. The third kappa shape index (κ3) is 10.8. The number of methoxy groups -OCH3 is 2. The van der Waals surface area contributed by atoms with Crippen LogP contribution in [0.5, 0.6) is 23.0 Å². The summed E-state index contributed by atoms with van der Waals surface area (Å²) < 4.78 is 65.8. The fourth-order valence-corrected chi connectivity index (χ4v) is 4.48. The molecule has 0 amide bonds. The molecule has 0 aromatic heterocycles. The first kappa shape index (κ1) is 31.1. The van der Waals surface area contributed by atoms with E-state index in [0.29, 0.717) is 47.3 Å². The highest BCUT2D eigenvalue weighted by Crippen LogP contribution is 2.31. The van der Waals surface area contributed by atoms with E-state index in [4.69, 9.17) is 30.4 Å². The molecule has 10 nitrogen and oxygen atoms in total. The summed E-state index contributed by atoms with van der Waals surface area (Å²) in [6, 6.07) is 9.64. The number of hydrogen-bond donors (Lipinski definition) is 2. The first-order valence-corrected chi connectivity index (χ1v) is 15.0. The molecular formula is C24H36N2O8S2. The van der Waals surface area contributed by atoms with Crippen molar-refractivity contribution in [3.8, 4) is 23.0 Å². The summed E-state index contributed by atoms with van der Waals surface area (Å²) in [5.74, 6) is 2.19. The molecule has 0 unspecified atom stereocenters. The normalized spacial score (nSPS) is 12.7. The Bertz CT molecular complexity index is 1240. The zero-order valence-electron chi connectivity index (χ0n) is 21.5. The molecule has 4 N–H and O–H groups in total. The maximum atomic E-state index is 11.2. The van der Waals surface area contributed by atoms with Gasteiger partial charge in [0.05, 0.1) is 44.3 Å². The first-order valence-electron chi connectivity index (χ1n) is 11.0. The smallest absolute Gasteiger partial charge is 0.170 e. The van der Waals surface area contributed by atoms with Crippen LogP contribution in [-0.2, 0) is 19.7 Å². The van der Waals surface area contributed by atoms with Crippen molar-refractivity contribution in [3.05, 3.63) is 52.9 Å². The molecule has 0 saturated carbocycles. The van der Waals surface area contributed by atoms with Crippen molar-refractivity contribution in [2.75, 3.05) is 45.7 Å². The quantitative estimate of drug-likeness (QED) is 0.431. The van der Waals surface area contributed by atoms with Gasteiger partial charge in [-0.2, -0.15) is 0 Å². The molecular weight excluding hydrogens is 508 g/mol. The number of benzene rings is 2. The van der Waals surface area contributed by atoms with Crippen LogP contribution < -0.4 is 30.4 Å². The molecule has 0 aliphatic rings. The SMILES string of the molecule is CCOc1cc(C(N)=CS(C)(=O)=O)ccc1OC.CCOc1cc([C@H](N)CS(C)(=O)=O)ccc1OC. The number of nitrogens with two attached hydrogens (primary N) is 2. The fourth-order valence-electron chi connectivity index (χ4n) is 3.04. The number of hydrogen-bond acceptors (Lipinski definition) is 10. The zero-order valence-corrected chi connectivity index (χ0v) is 23.1. The van der Waals surface area contributed by atoms with Gasteiger partial charge in [-0.1, -0.05) is 6.07 Å². The van der Waals surface area contributed by atoms with E-state index < -0.39 is 25.7 Å². The predicted octanol–water partition coefficient (Wildman–Crippen LogP) is 2.53. The van der Waals surface area contributed by atoms with Gasteiger partial charge < -0.3 is 30.4 Å². The molecule has 202 valence electrons. The number of rotatable bonds is 11. The zero-order chi connectivity index (χ0) is 27.5. The second-order valence-electron chi connectivity index (χ2n) is 7.74. The van der Waals surface area contributed by atoms with Crippen molar-refractivity contribution in [1.29, 1.82) is 0 Å². The van der Waals surface area contributed by atoms with Gasteiger partial charge in [0.25, 0.3) is 0 Å². The van der Waals surface area contributed by atoms with Crippen molar-refractivity contribution < 1.29 is 35.8 Å². The molecule has 0 heterocycles. The summed E-state index contributed by atoms with van der Waals surface area (Å²) in [5, 5.41) is 1.02. The summed E-state index contributed by atoms with van der Waals surface area (Å²) in [6.45, 7) is 4.70. The molecule has 2 aromatic rings. The first-order chi connectivity index (χ1) is 16.7. The van der Waals surface area contributed by atoms with Crippen LogP contribution >= 0.6 is 0 Å². The highest BCUT2D eigenvalue weighted by atomic mass is 32.2. The molecule has 0 fully saturated rings. The molecule has 0 aliphatic heterocycles. The topological polar surface area (TPSA) is 157 Å². The lowest BCUT2D eigenvalue weighted by Crippen LogP contribution is -2.20. The van der Waals surface area contributed by atoms with E-state index in [1.807, 2.05) is 13.8 Å². The Morgan fingerprint density at radius 2 is 1.36 bits per heavy atom. The van der Waals surface area contributed by atoms with Crippen LogP contribution in [0.4, 0.5) is 0 Å². The van der Waals surface area contributed by atoms with Gasteiger partial charge in [0.2, 0.25) is 0 Å². The minimum absolute atomic E-state index is 0.0924. The van der Waals surface area contributed by atoms with Crippen LogP contribution in [0.25, 0.3) is 5.70 Å². The van der Waals surface area contributed by atoms with E-state index in [-0.39, 0.29) is 11.4 Å². The average Bonchev–Trinajstić information content (AvgIpc) is 2.77. The summed E-state index contributed by atoms with van der Waals surface area (Å²) >= 11 is 0. The van der Waals surface area contributed by atoms with Crippen LogP contribution in [0.2, 0.25) is 0 Å². The summed E-state index contributed by atoms with van der Waals surface area (Å²) in [5.41, 5.74) is 13.0. The molecule has 1 atom stereocenters. The lowest BCUT2D eigenvalue weighted by molar-refractivity contribution is 0.310. The lowest BCUT2D eigenvalue weighted by Gasteiger charge is -2.15. The monoisotopic (exact) mass is 544 g/mol.